The molecule has 0 spiro atoms. The molecule has 0 radical (unpaired) electrons. The van der Waals surface area contributed by atoms with Gasteiger partial charge in [0.25, 0.3) is 0 Å². The molecule has 0 aliphatic rings. The maximum atomic E-state index is 13.0. The van der Waals surface area contributed by atoms with Crippen LogP contribution in [0.1, 0.15) is 10.5 Å². The van der Waals surface area contributed by atoms with Crippen molar-refractivity contribution in [1.29, 1.82) is 0 Å². The van der Waals surface area contributed by atoms with Crippen molar-refractivity contribution in [3.8, 4) is 5.88 Å². The molecule has 1 aromatic heterocycles. The number of carbonyl (C=O) groups is 1. The summed E-state index contributed by atoms with van der Waals surface area (Å²) < 4.78 is 17.9. The molecule has 0 aliphatic carbocycles. The summed E-state index contributed by atoms with van der Waals surface area (Å²) in [5, 5.41) is 9.85. The minimum atomic E-state index is -1.15. The second-order valence-corrected chi connectivity index (χ2v) is 3.19. The van der Waals surface area contributed by atoms with E-state index in [1.54, 1.807) is 0 Å². The number of nitrogens with zero attached hydrogens (tertiary/aromatic N) is 1. The van der Waals surface area contributed by atoms with E-state index in [0.717, 1.165) is 0 Å². The van der Waals surface area contributed by atoms with Crippen molar-refractivity contribution in [2.45, 2.75) is 0 Å². The van der Waals surface area contributed by atoms with Crippen molar-refractivity contribution in [3.05, 3.63) is 35.8 Å². The van der Waals surface area contributed by atoms with Crippen LogP contribution in [0.5, 0.6) is 5.88 Å². The van der Waals surface area contributed by atoms with Crippen molar-refractivity contribution < 1.29 is 19.0 Å². The van der Waals surface area contributed by atoms with Gasteiger partial charge in [-0.15, -0.1) is 0 Å². The number of methoxy groups -OCH3 is 1. The summed E-state index contributed by atoms with van der Waals surface area (Å²) in [5.74, 6) is -1.46. The molecule has 2 aromatic rings. The normalized spacial score (nSPS) is 10.4. The summed E-state index contributed by atoms with van der Waals surface area (Å²) in [5.41, 5.74) is -0.129. The van der Waals surface area contributed by atoms with E-state index in [0.29, 0.717) is 10.8 Å². The van der Waals surface area contributed by atoms with Gasteiger partial charge >= 0.3 is 5.97 Å². The first kappa shape index (κ1) is 10.4. The zero-order valence-corrected chi connectivity index (χ0v) is 8.40. The number of pyridine rings is 1. The Bertz CT molecular complexity index is 568. The fraction of sp³-hybridized carbons (Fsp3) is 0.0909. The molecule has 82 valence electrons. The Morgan fingerprint density at radius 3 is 2.81 bits per heavy atom. The molecule has 0 saturated carbocycles. The van der Waals surface area contributed by atoms with Gasteiger partial charge < -0.3 is 9.84 Å². The third-order valence-corrected chi connectivity index (χ3v) is 2.17. The lowest BCUT2D eigenvalue weighted by Gasteiger charge is -2.05. The molecule has 0 unspecified atom stereocenters. The molecule has 0 fully saturated rings. The minimum absolute atomic E-state index is 0.106. The van der Waals surface area contributed by atoms with Crippen molar-refractivity contribution in [3.63, 3.8) is 0 Å². The molecular weight excluding hydrogens is 213 g/mol. The number of fused-ring (bicyclic) bond motifs is 1. The Balaban J connectivity index is 2.78. The van der Waals surface area contributed by atoms with Crippen LogP contribution >= 0.6 is 0 Å². The summed E-state index contributed by atoms with van der Waals surface area (Å²) >= 11 is 0. The summed E-state index contributed by atoms with van der Waals surface area (Å²) in [6.07, 6.45) is 0. The molecule has 2 rings (SSSR count). The number of benzene rings is 1. The molecule has 0 amide bonds. The van der Waals surface area contributed by atoms with Gasteiger partial charge in [-0.3, -0.25) is 0 Å². The largest absolute Gasteiger partial charge is 0.481 e. The number of rotatable bonds is 2. The Morgan fingerprint density at radius 1 is 1.44 bits per heavy atom. The van der Waals surface area contributed by atoms with E-state index < -0.39 is 11.8 Å². The van der Waals surface area contributed by atoms with Crippen LogP contribution in [-0.2, 0) is 0 Å². The van der Waals surface area contributed by atoms with E-state index in [1.807, 2.05) is 0 Å². The lowest BCUT2D eigenvalue weighted by atomic mass is 10.1. The van der Waals surface area contributed by atoms with Crippen LogP contribution in [-0.4, -0.2) is 23.2 Å². The highest BCUT2D eigenvalue weighted by Gasteiger charge is 2.11. The Morgan fingerprint density at radius 2 is 2.19 bits per heavy atom. The fourth-order valence-corrected chi connectivity index (χ4v) is 1.45. The number of aromatic nitrogens is 1. The zero-order chi connectivity index (χ0) is 11.7. The number of carboxylic acids is 1. The summed E-state index contributed by atoms with van der Waals surface area (Å²) in [4.78, 5) is 14.6. The fourth-order valence-electron chi connectivity index (χ4n) is 1.45. The molecule has 4 nitrogen and oxygen atoms in total. The third-order valence-electron chi connectivity index (χ3n) is 2.17. The van der Waals surface area contributed by atoms with Gasteiger partial charge in [-0.05, 0) is 23.6 Å². The van der Waals surface area contributed by atoms with Gasteiger partial charge in [-0.2, -0.15) is 0 Å². The van der Waals surface area contributed by atoms with E-state index in [4.69, 9.17) is 9.84 Å². The monoisotopic (exact) mass is 221 g/mol. The van der Waals surface area contributed by atoms with E-state index in [2.05, 4.69) is 4.98 Å². The second-order valence-electron chi connectivity index (χ2n) is 3.19. The predicted molar refractivity (Wildman–Crippen MR) is 55.2 cm³/mol. The first-order chi connectivity index (χ1) is 7.61. The maximum Gasteiger partial charge on any atom is 0.354 e. The number of carboxylic acid groups (broad SMARTS) is 1. The van der Waals surface area contributed by atoms with Crippen molar-refractivity contribution >= 4 is 16.7 Å². The average molecular weight is 221 g/mol. The lowest BCUT2D eigenvalue weighted by molar-refractivity contribution is 0.0690. The standard InChI is InChI=1S/C11H8FNO3/c1-16-10-8-5-7(12)3-2-6(8)4-9(13-10)11(14)15/h2-5H,1H3,(H,14,15). The average Bonchev–Trinajstić information content (AvgIpc) is 2.27. The number of aromatic carboxylic acids is 1. The van der Waals surface area contributed by atoms with Gasteiger partial charge in [0.05, 0.1) is 7.11 Å². The summed E-state index contributed by atoms with van der Waals surface area (Å²) in [6, 6.07) is 5.38. The highest BCUT2D eigenvalue weighted by Crippen LogP contribution is 2.25. The Labute approximate surface area is 90.3 Å². The van der Waals surface area contributed by atoms with E-state index in [1.165, 1.54) is 31.4 Å². The van der Waals surface area contributed by atoms with Crippen LogP contribution in [0.25, 0.3) is 10.8 Å². The molecule has 0 aliphatic heterocycles. The van der Waals surface area contributed by atoms with Crippen LogP contribution in [0.15, 0.2) is 24.3 Å². The van der Waals surface area contributed by atoms with Gasteiger partial charge in [-0.25, -0.2) is 14.2 Å². The zero-order valence-electron chi connectivity index (χ0n) is 8.40. The molecule has 5 heteroatoms. The molecule has 0 saturated heterocycles. The maximum absolute atomic E-state index is 13.0. The van der Waals surface area contributed by atoms with Crippen molar-refractivity contribution in [2.75, 3.05) is 7.11 Å². The van der Waals surface area contributed by atoms with Gasteiger partial charge in [0.1, 0.15) is 5.82 Å². The Kier molecular flexibility index (Phi) is 2.44. The van der Waals surface area contributed by atoms with Gasteiger partial charge in [0.15, 0.2) is 5.69 Å². The lowest BCUT2D eigenvalue weighted by Crippen LogP contribution is -2.02. The van der Waals surface area contributed by atoms with E-state index in [9.17, 15) is 9.18 Å². The van der Waals surface area contributed by atoms with Gasteiger partial charge in [-0.1, -0.05) is 6.07 Å². The SMILES string of the molecule is COc1nc(C(=O)O)cc2ccc(F)cc12. The number of halogens is 1. The first-order valence-electron chi connectivity index (χ1n) is 4.49. The summed E-state index contributed by atoms with van der Waals surface area (Å²) in [6.45, 7) is 0. The summed E-state index contributed by atoms with van der Waals surface area (Å²) in [7, 11) is 1.36. The molecule has 1 N–H and O–H groups in total. The van der Waals surface area contributed by atoms with Crippen LogP contribution < -0.4 is 4.74 Å². The highest BCUT2D eigenvalue weighted by atomic mass is 19.1. The predicted octanol–water partition coefficient (Wildman–Crippen LogP) is 2.08. The molecule has 0 bridgehead atoms. The second kappa shape index (κ2) is 3.77. The first-order valence-corrected chi connectivity index (χ1v) is 4.49. The molecule has 1 aromatic carbocycles. The minimum Gasteiger partial charge on any atom is -0.481 e. The molecule has 0 atom stereocenters. The number of hydrogen-bond acceptors (Lipinski definition) is 3. The van der Waals surface area contributed by atoms with Crippen molar-refractivity contribution in [2.24, 2.45) is 0 Å². The Hall–Kier alpha value is -2.17. The van der Waals surface area contributed by atoms with Crippen LogP contribution in [0.2, 0.25) is 0 Å². The quantitative estimate of drug-likeness (QED) is 0.843. The van der Waals surface area contributed by atoms with Gasteiger partial charge in [0.2, 0.25) is 5.88 Å². The number of ether oxygens (including phenoxy) is 1. The van der Waals surface area contributed by atoms with Crippen LogP contribution in [0.4, 0.5) is 4.39 Å². The third kappa shape index (κ3) is 1.67. The van der Waals surface area contributed by atoms with Crippen LogP contribution in [0, 0.1) is 5.82 Å². The highest BCUT2D eigenvalue weighted by molar-refractivity contribution is 5.94. The van der Waals surface area contributed by atoms with E-state index >= 15 is 0 Å². The topological polar surface area (TPSA) is 59.4 Å². The van der Waals surface area contributed by atoms with Crippen molar-refractivity contribution in [1.82, 2.24) is 4.98 Å². The molecule has 16 heavy (non-hydrogen) atoms. The molecule has 1 heterocycles. The van der Waals surface area contributed by atoms with E-state index in [-0.39, 0.29) is 11.6 Å². The molecular formula is C11H8FNO3. The van der Waals surface area contributed by atoms with Crippen LogP contribution in [0.3, 0.4) is 0 Å². The number of hydrogen-bond donors (Lipinski definition) is 1. The smallest absolute Gasteiger partial charge is 0.354 e. The van der Waals surface area contributed by atoms with Gasteiger partial charge in [0, 0.05) is 5.39 Å².